The monoisotopic (exact) mass is 344 g/mol. The molecule has 0 unspecified atom stereocenters. The fraction of sp³-hybridized carbons (Fsp3) is 0.353. The Morgan fingerprint density at radius 3 is 2.79 bits per heavy atom. The van der Waals surface area contributed by atoms with Gasteiger partial charge < -0.3 is 16.0 Å². The normalized spacial score (nSPS) is 17.0. The van der Waals surface area contributed by atoms with Crippen LogP contribution in [0.25, 0.3) is 11.3 Å². The number of aryl methyl sites for hydroxylation is 1. The summed E-state index contributed by atoms with van der Waals surface area (Å²) in [5, 5.41) is 3.74. The highest BCUT2D eigenvalue weighted by Crippen LogP contribution is 2.27. The van der Waals surface area contributed by atoms with Gasteiger partial charge in [0.15, 0.2) is 0 Å². The van der Waals surface area contributed by atoms with Crippen LogP contribution >= 0.6 is 11.3 Å². The van der Waals surface area contributed by atoms with Gasteiger partial charge in [0, 0.05) is 23.5 Å². The van der Waals surface area contributed by atoms with Crippen LogP contribution in [0.3, 0.4) is 0 Å². The smallest absolute Gasteiger partial charge is 0.317 e. The zero-order valence-corrected chi connectivity index (χ0v) is 14.3. The third-order valence-electron chi connectivity index (χ3n) is 4.16. The van der Waals surface area contributed by atoms with E-state index in [0.29, 0.717) is 26.1 Å². The second-order valence-corrected chi connectivity index (χ2v) is 7.16. The van der Waals surface area contributed by atoms with Gasteiger partial charge in [-0.1, -0.05) is 30.3 Å². The zero-order chi connectivity index (χ0) is 17.1. The average Bonchev–Trinajstić information content (AvgIpc) is 3.20. The lowest BCUT2D eigenvalue weighted by atomic mass is 10.1. The maximum absolute atomic E-state index is 12.2. The molecule has 0 saturated carbocycles. The molecule has 3 amide bonds. The molecule has 2 aromatic rings. The molecule has 0 bridgehead atoms. The van der Waals surface area contributed by atoms with Crippen molar-refractivity contribution < 1.29 is 9.59 Å². The average molecular weight is 344 g/mol. The summed E-state index contributed by atoms with van der Waals surface area (Å²) < 4.78 is 0. The van der Waals surface area contributed by atoms with Crippen LogP contribution in [0.15, 0.2) is 30.3 Å². The van der Waals surface area contributed by atoms with Crippen molar-refractivity contribution in [2.45, 2.75) is 19.9 Å². The second kappa shape index (κ2) is 7.00. The summed E-state index contributed by atoms with van der Waals surface area (Å²) in [5.41, 5.74) is 7.33. The molecular weight excluding hydrogens is 324 g/mol. The number of hydrogen-bond acceptors (Lipinski definition) is 4. The highest BCUT2D eigenvalue weighted by atomic mass is 32.1. The summed E-state index contributed by atoms with van der Waals surface area (Å²) in [6.07, 6.45) is 0.636. The van der Waals surface area contributed by atoms with Gasteiger partial charge in [-0.3, -0.25) is 4.79 Å². The molecule has 0 radical (unpaired) electrons. The Morgan fingerprint density at radius 2 is 2.12 bits per heavy atom. The summed E-state index contributed by atoms with van der Waals surface area (Å²) in [5.74, 6) is -0.573. The van der Waals surface area contributed by atoms with Crippen molar-refractivity contribution in [2.75, 3.05) is 13.1 Å². The van der Waals surface area contributed by atoms with Crippen LogP contribution < -0.4 is 11.1 Å². The number of aromatic nitrogens is 1. The molecule has 0 spiro atoms. The molecule has 2 heterocycles. The lowest BCUT2D eigenvalue weighted by Gasteiger charge is -2.16. The standard InChI is InChI=1S/C17H20N4O2S/c1-11-15(12-5-3-2-4-6-12)20-14(24-11)9-19-17(23)21-8-7-13(10-21)16(18)22/h2-6,13H,7-10H2,1H3,(H2,18,22)(H,19,23)/t13-/m1/s1. The first-order valence-corrected chi connectivity index (χ1v) is 8.70. The van der Waals surface area contributed by atoms with Gasteiger partial charge in [-0.05, 0) is 13.3 Å². The van der Waals surface area contributed by atoms with Crippen molar-refractivity contribution in [1.29, 1.82) is 0 Å². The van der Waals surface area contributed by atoms with Gasteiger partial charge in [0.2, 0.25) is 5.91 Å². The fourth-order valence-corrected chi connectivity index (χ4v) is 3.73. The number of rotatable bonds is 4. The van der Waals surface area contributed by atoms with Crippen molar-refractivity contribution in [1.82, 2.24) is 15.2 Å². The number of thiazole rings is 1. The molecule has 126 valence electrons. The van der Waals surface area contributed by atoms with E-state index in [0.717, 1.165) is 21.1 Å². The summed E-state index contributed by atoms with van der Waals surface area (Å²) in [4.78, 5) is 30.8. The number of primary amides is 1. The van der Waals surface area contributed by atoms with Crippen LogP contribution in [-0.2, 0) is 11.3 Å². The molecule has 24 heavy (non-hydrogen) atoms. The van der Waals surface area contributed by atoms with Gasteiger partial charge in [0.25, 0.3) is 0 Å². The molecule has 1 saturated heterocycles. The van der Waals surface area contributed by atoms with Crippen LogP contribution in [0.4, 0.5) is 4.79 Å². The third kappa shape index (κ3) is 3.56. The number of benzene rings is 1. The Hall–Kier alpha value is -2.41. The molecule has 1 aromatic heterocycles. The van der Waals surface area contributed by atoms with Crippen molar-refractivity contribution in [3.63, 3.8) is 0 Å². The van der Waals surface area contributed by atoms with E-state index in [1.54, 1.807) is 16.2 Å². The number of carbonyl (C=O) groups excluding carboxylic acids is 2. The molecule has 1 fully saturated rings. The molecule has 1 aliphatic heterocycles. The maximum atomic E-state index is 12.2. The highest BCUT2D eigenvalue weighted by Gasteiger charge is 2.29. The molecular formula is C17H20N4O2S. The van der Waals surface area contributed by atoms with E-state index in [1.807, 2.05) is 37.3 Å². The first-order chi connectivity index (χ1) is 11.5. The first-order valence-electron chi connectivity index (χ1n) is 7.88. The van der Waals surface area contributed by atoms with Crippen LogP contribution in [0, 0.1) is 12.8 Å². The van der Waals surface area contributed by atoms with Gasteiger partial charge >= 0.3 is 6.03 Å². The lowest BCUT2D eigenvalue weighted by molar-refractivity contribution is -0.121. The minimum Gasteiger partial charge on any atom is -0.369 e. The van der Waals surface area contributed by atoms with Gasteiger partial charge in [-0.25, -0.2) is 9.78 Å². The molecule has 1 atom stereocenters. The number of amides is 3. The summed E-state index contributed by atoms with van der Waals surface area (Å²) in [7, 11) is 0. The number of nitrogens with zero attached hydrogens (tertiary/aromatic N) is 2. The Labute approximate surface area is 144 Å². The van der Waals surface area contributed by atoms with Crippen LogP contribution in [0.1, 0.15) is 16.3 Å². The van der Waals surface area contributed by atoms with Crippen LogP contribution in [0.2, 0.25) is 0 Å². The van der Waals surface area contributed by atoms with E-state index >= 15 is 0 Å². The molecule has 1 aromatic carbocycles. The van der Waals surface area contributed by atoms with E-state index in [-0.39, 0.29) is 17.9 Å². The fourth-order valence-electron chi connectivity index (χ4n) is 2.83. The van der Waals surface area contributed by atoms with Crippen LogP contribution in [-0.4, -0.2) is 34.9 Å². The molecule has 6 nitrogen and oxygen atoms in total. The van der Waals surface area contributed by atoms with E-state index in [2.05, 4.69) is 10.3 Å². The molecule has 3 rings (SSSR count). The Morgan fingerprint density at radius 1 is 1.38 bits per heavy atom. The number of nitrogens with one attached hydrogen (secondary N) is 1. The van der Waals surface area contributed by atoms with E-state index in [9.17, 15) is 9.59 Å². The van der Waals surface area contributed by atoms with E-state index < -0.39 is 0 Å². The number of nitrogens with two attached hydrogens (primary N) is 1. The van der Waals surface area contributed by atoms with Crippen molar-refractivity contribution >= 4 is 23.3 Å². The van der Waals surface area contributed by atoms with E-state index in [4.69, 9.17) is 5.73 Å². The topological polar surface area (TPSA) is 88.3 Å². The summed E-state index contributed by atoms with van der Waals surface area (Å²) >= 11 is 1.58. The Bertz CT molecular complexity index is 744. The number of hydrogen-bond donors (Lipinski definition) is 2. The summed E-state index contributed by atoms with van der Waals surface area (Å²) in [6, 6.07) is 9.82. The van der Waals surface area contributed by atoms with E-state index in [1.165, 1.54) is 0 Å². The predicted molar refractivity (Wildman–Crippen MR) is 93.4 cm³/mol. The predicted octanol–water partition coefficient (Wildman–Crippen LogP) is 2.14. The quantitative estimate of drug-likeness (QED) is 0.890. The number of likely N-dealkylation sites (tertiary alicyclic amines) is 1. The number of urea groups is 1. The maximum Gasteiger partial charge on any atom is 0.317 e. The summed E-state index contributed by atoms with van der Waals surface area (Å²) in [6.45, 7) is 3.37. The number of carbonyl (C=O) groups is 2. The van der Waals surface area contributed by atoms with Crippen molar-refractivity contribution in [3.05, 3.63) is 40.2 Å². The zero-order valence-electron chi connectivity index (χ0n) is 13.5. The Kier molecular flexibility index (Phi) is 4.80. The molecule has 7 heteroatoms. The highest BCUT2D eigenvalue weighted by molar-refractivity contribution is 7.12. The molecule has 0 aliphatic carbocycles. The molecule has 1 aliphatic rings. The van der Waals surface area contributed by atoms with Gasteiger partial charge in [0.1, 0.15) is 5.01 Å². The van der Waals surface area contributed by atoms with Crippen molar-refractivity contribution in [3.8, 4) is 11.3 Å². The second-order valence-electron chi connectivity index (χ2n) is 5.87. The minimum absolute atomic E-state index is 0.173. The largest absolute Gasteiger partial charge is 0.369 e. The van der Waals surface area contributed by atoms with Crippen LogP contribution in [0.5, 0.6) is 0 Å². The van der Waals surface area contributed by atoms with Gasteiger partial charge in [0.05, 0.1) is 18.2 Å². The SMILES string of the molecule is Cc1sc(CNC(=O)N2CC[C@@H](C(N)=O)C2)nc1-c1ccccc1. The molecule has 3 N–H and O–H groups in total. The van der Waals surface area contributed by atoms with Crippen molar-refractivity contribution in [2.24, 2.45) is 11.7 Å². The Balaban J connectivity index is 1.60. The minimum atomic E-state index is -0.339. The lowest BCUT2D eigenvalue weighted by Crippen LogP contribution is -2.39. The van der Waals surface area contributed by atoms with Gasteiger partial charge in [-0.15, -0.1) is 11.3 Å². The third-order valence-corrected chi connectivity index (χ3v) is 5.13. The first kappa shape index (κ1) is 16.4. The van der Waals surface area contributed by atoms with Gasteiger partial charge in [-0.2, -0.15) is 0 Å².